The van der Waals surface area contributed by atoms with Crippen molar-refractivity contribution in [2.45, 2.75) is 20.3 Å². The van der Waals surface area contributed by atoms with Gasteiger partial charge >= 0.3 is 0 Å². The van der Waals surface area contributed by atoms with Crippen molar-refractivity contribution in [3.63, 3.8) is 0 Å². The maximum atomic E-state index is 14.3. The molecule has 0 spiro atoms. The highest BCUT2D eigenvalue weighted by Crippen LogP contribution is 2.32. The molecule has 0 bridgehead atoms. The van der Waals surface area contributed by atoms with Crippen LogP contribution in [0.4, 0.5) is 19.0 Å². The summed E-state index contributed by atoms with van der Waals surface area (Å²) in [5.41, 5.74) is 9.88. The van der Waals surface area contributed by atoms with Crippen LogP contribution in [-0.4, -0.2) is 34.3 Å². The number of fused-ring (bicyclic) bond motifs is 1. The predicted molar refractivity (Wildman–Crippen MR) is 119 cm³/mol. The minimum atomic E-state index is -1.26. The summed E-state index contributed by atoms with van der Waals surface area (Å²) in [5.74, 6) is -2.63. The molecular weight excluding hydrogens is 445 g/mol. The molecule has 0 fully saturated rings. The fourth-order valence-corrected chi connectivity index (χ4v) is 4.02. The summed E-state index contributed by atoms with van der Waals surface area (Å²) in [4.78, 5) is 13.4. The molecule has 0 saturated heterocycles. The molecule has 0 saturated carbocycles. The number of nitrogens with zero attached hydrogens (tertiary/aromatic N) is 7. The number of nitrogen functional groups attached to an aromatic ring is 1. The Morgan fingerprint density at radius 2 is 1.79 bits per heavy atom. The number of aryl methyl sites for hydroxylation is 2. The van der Waals surface area contributed by atoms with E-state index < -0.39 is 23.0 Å². The Bertz CT molecular complexity index is 1570. The van der Waals surface area contributed by atoms with Gasteiger partial charge in [0, 0.05) is 48.2 Å². The number of nitrogens with two attached hydrogens (primary N) is 1. The lowest BCUT2D eigenvalue weighted by Crippen LogP contribution is -2.05. The number of anilines is 1. The molecule has 2 N–H and O–H groups in total. The first-order valence-corrected chi connectivity index (χ1v) is 10.3. The molecule has 11 heteroatoms. The fourth-order valence-electron chi connectivity index (χ4n) is 4.02. The Morgan fingerprint density at radius 3 is 2.50 bits per heavy atom. The van der Waals surface area contributed by atoms with Gasteiger partial charge in [-0.05, 0) is 38.1 Å². The van der Waals surface area contributed by atoms with Gasteiger partial charge in [-0.25, -0.2) is 32.6 Å². The topological polar surface area (TPSA) is 99.8 Å². The van der Waals surface area contributed by atoms with E-state index in [1.165, 1.54) is 10.7 Å². The summed E-state index contributed by atoms with van der Waals surface area (Å²) in [6.45, 7) is 3.80. The Balaban J connectivity index is 1.62. The normalized spacial score (nSPS) is 11.5. The summed E-state index contributed by atoms with van der Waals surface area (Å²) in [5, 5.41) is 8.64. The average Bonchev–Trinajstić information content (AvgIpc) is 3.30. The quantitative estimate of drug-likeness (QED) is 0.406. The largest absolute Gasteiger partial charge is 0.383 e. The van der Waals surface area contributed by atoms with Gasteiger partial charge in [-0.15, -0.1) is 0 Å². The number of hydrogen-bond acceptors (Lipinski definition) is 6. The molecule has 172 valence electrons. The molecule has 0 amide bonds. The highest BCUT2D eigenvalue weighted by atomic mass is 19.2. The van der Waals surface area contributed by atoms with Crippen molar-refractivity contribution in [3.8, 4) is 22.6 Å². The molecule has 0 aliphatic heterocycles. The first kappa shape index (κ1) is 21.6. The van der Waals surface area contributed by atoms with Gasteiger partial charge in [0.15, 0.2) is 17.5 Å². The van der Waals surface area contributed by atoms with Crippen LogP contribution in [0.3, 0.4) is 0 Å². The van der Waals surface area contributed by atoms with Gasteiger partial charge < -0.3 is 5.73 Å². The molecule has 0 aliphatic rings. The number of benzene rings is 1. The second kappa shape index (κ2) is 7.94. The van der Waals surface area contributed by atoms with Gasteiger partial charge in [-0.3, -0.25) is 4.68 Å². The van der Waals surface area contributed by atoms with E-state index in [1.54, 1.807) is 23.0 Å². The van der Waals surface area contributed by atoms with Crippen molar-refractivity contribution in [2.75, 3.05) is 5.73 Å². The van der Waals surface area contributed by atoms with Crippen LogP contribution in [-0.2, 0) is 13.5 Å². The second-order valence-corrected chi connectivity index (χ2v) is 7.86. The zero-order valence-electron chi connectivity index (χ0n) is 18.5. The third-order valence-electron chi connectivity index (χ3n) is 5.76. The van der Waals surface area contributed by atoms with E-state index >= 15 is 0 Å². The van der Waals surface area contributed by atoms with E-state index in [1.807, 2.05) is 20.9 Å². The number of rotatable bonds is 4. The molecule has 0 aliphatic carbocycles. The van der Waals surface area contributed by atoms with Crippen LogP contribution in [0.2, 0.25) is 0 Å². The molecular formula is C23H19F3N8. The van der Waals surface area contributed by atoms with E-state index in [9.17, 15) is 13.2 Å². The number of halogens is 3. The first-order valence-electron chi connectivity index (χ1n) is 10.3. The molecule has 4 aromatic heterocycles. The van der Waals surface area contributed by atoms with Crippen molar-refractivity contribution in [2.24, 2.45) is 7.05 Å². The molecule has 4 heterocycles. The van der Waals surface area contributed by atoms with Gasteiger partial charge in [-0.2, -0.15) is 10.2 Å². The van der Waals surface area contributed by atoms with Crippen molar-refractivity contribution in [1.82, 2.24) is 34.3 Å². The third kappa shape index (κ3) is 3.36. The monoisotopic (exact) mass is 464 g/mol. The van der Waals surface area contributed by atoms with Gasteiger partial charge in [0.1, 0.15) is 23.2 Å². The van der Waals surface area contributed by atoms with Crippen LogP contribution < -0.4 is 5.73 Å². The summed E-state index contributed by atoms with van der Waals surface area (Å²) in [6.07, 6.45) is 2.78. The maximum absolute atomic E-state index is 14.3. The van der Waals surface area contributed by atoms with Gasteiger partial charge in [0.25, 0.3) is 0 Å². The van der Waals surface area contributed by atoms with Crippen LogP contribution in [0.5, 0.6) is 0 Å². The molecule has 0 atom stereocenters. The zero-order valence-corrected chi connectivity index (χ0v) is 18.5. The summed E-state index contributed by atoms with van der Waals surface area (Å²) < 4.78 is 45.4. The van der Waals surface area contributed by atoms with E-state index in [0.29, 0.717) is 16.8 Å². The van der Waals surface area contributed by atoms with Crippen molar-refractivity contribution in [3.05, 3.63) is 76.9 Å². The lowest BCUT2D eigenvalue weighted by atomic mass is 10.1. The first-order chi connectivity index (χ1) is 16.3. The number of hydrogen-bond donors (Lipinski definition) is 1. The van der Waals surface area contributed by atoms with Crippen LogP contribution >= 0.6 is 0 Å². The SMILES string of the molecule is Cc1nn(C)c(C)c1-c1cnc(-c2nc(Cc3c(F)ccc(F)c3F)n3ncccc23)nc1N. The van der Waals surface area contributed by atoms with Crippen LogP contribution in [0.25, 0.3) is 28.2 Å². The van der Waals surface area contributed by atoms with Crippen LogP contribution in [0, 0.1) is 31.3 Å². The van der Waals surface area contributed by atoms with Gasteiger partial charge in [0.05, 0.1) is 11.2 Å². The summed E-state index contributed by atoms with van der Waals surface area (Å²) in [7, 11) is 1.84. The summed E-state index contributed by atoms with van der Waals surface area (Å²) in [6, 6.07) is 5.03. The van der Waals surface area contributed by atoms with Crippen molar-refractivity contribution >= 4 is 11.3 Å². The fraction of sp³-hybridized carbons (Fsp3) is 0.174. The minimum absolute atomic E-state index is 0.194. The Labute approximate surface area is 191 Å². The highest BCUT2D eigenvalue weighted by Gasteiger charge is 2.22. The van der Waals surface area contributed by atoms with Crippen molar-refractivity contribution < 1.29 is 13.2 Å². The van der Waals surface area contributed by atoms with E-state index in [-0.39, 0.29) is 23.9 Å². The van der Waals surface area contributed by atoms with Crippen LogP contribution in [0.15, 0.2) is 36.7 Å². The smallest absolute Gasteiger partial charge is 0.182 e. The lowest BCUT2D eigenvalue weighted by Gasteiger charge is -2.07. The molecule has 0 unspecified atom stereocenters. The maximum Gasteiger partial charge on any atom is 0.182 e. The standard InChI is InChI=1S/C23H19F3N8/c1-11-19(12(2)33(3)32-11)14-10-28-23(31-22(14)27)21-17-5-4-8-29-34(17)18(30-21)9-13-15(24)6-7-16(25)20(13)26/h4-8,10H,9H2,1-3H3,(H2,27,28,31). The van der Waals surface area contributed by atoms with Gasteiger partial charge in [-0.1, -0.05) is 0 Å². The second-order valence-electron chi connectivity index (χ2n) is 7.86. The lowest BCUT2D eigenvalue weighted by molar-refractivity contribution is 0.481. The predicted octanol–water partition coefficient (Wildman–Crippen LogP) is 3.79. The Hall–Kier alpha value is -4.28. The van der Waals surface area contributed by atoms with E-state index in [2.05, 4.69) is 25.1 Å². The minimum Gasteiger partial charge on any atom is -0.383 e. The Morgan fingerprint density at radius 1 is 1.03 bits per heavy atom. The number of imidazole rings is 1. The van der Waals surface area contributed by atoms with E-state index in [0.717, 1.165) is 29.1 Å². The third-order valence-corrected chi connectivity index (χ3v) is 5.76. The molecule has 5 aromatic rings. The highest BCUT2D eigenvalue weighted by molar-refractivity contribution is 5.80. The molecule has 0 radical (unpaired) electrons. The van der Waals surface area contributed by atoms with E-state index in [4.69, 9.17) is 5.73 Å². The van der Waals surface area contributed by atoms with Gasteiger partial charge in [0.2, 0.25) is 0 Å². The zero-order chi connectivity index (χ0) is 24.1. The molecule has 5 rings (SSSR count). The number of aromatic nitrogens is 7. The molecule has 1 aromatic carbocycles. The molecule has 34 heavy (non-hydrogen) atoms. The average molecular weight is 464 g/mol. The van der Waals surface area contributed by atoms with Crippen molar-refractivity contribution in [1.29, 1.82) is 0 Å². The Kier molecular flexibility index (Phi) is 5.03. The summed E-state index contributed by atoms with van der Waals surface area (Å²) >= 11 is 0. The van der Waals surface area contributed by atoms with Crippen LogP contribution in [0.1, 0.15) is 22.8 Å². The molecule has 8 nitrogen and oxygen atoms in total.